The van der Waals surface area contributed by atoms with E-state index in [1.54, 1.807) is 13.8 Å². The Morgan fingerprint density at radius 2 is 1.93 bits per heavy atom. The van der Waals surface area contributed by atoms with Crippen LogP contribution in [0, 0.1) is 11.6 Å². The molecule has 0 saturated heterocycles. The molecule has 0 aliphatic carbocycles. The minimum atomic E-state index is -1.25. The highest BCUT2D eigenvalue weighted by molar-refractivity contribution is 9.10. The number of benzene rings is 1. The summed E-state index contributed by atoms with van der Waals surface area (Å²) in [6, 6.07) is 1.34. The molecule has 0 bridgehead atoms. The molecule has 0 aromatic heterocycles. The van der Waals surface area contributed by atoms with Gasteiger partial charge in [0.05, 0.1) is 4.47 Å². The van der Waals surface area contributed by atoms with Gasteiger partial charge in [-0.3, -0.25) is 0 Å². The molecule has 5 heteroatoms. The number of phenols is 1. The number of aromatic hydroxyl groups is 1. The molecule has 2 nitrogen and oxygen atoms in total. The van der Waals surface area contributed by atoms with Gasteiger partial charge in [0.15, 0.2) is 11.6 Å². The minimum Gasteiger partial charge on any atom is -0.504 e. The fraction of sp³-hybridized carbons (Fsp3) is 0.400. The van der Waals surface area contributed by atoms with Crippen LogP contribution in [0.3, 0.4) is 0 Å². The molecule has 0 amide bonds. The predicted molar refractivity (Wildman–Crippen MR) is 57.7 cm³/mol. The van der Waals surface area contributed by atoms with Gasteiger partial charge in [-0.05, 0) is 47.8 Å². The third kappa shape index (κ3) is 2.89. The van der Waals surface area contributed by atoms with E-state index in [1.165, 1.54) is 6.07 Å². The van der Waals surface area contributed by atoms with Crippen molar-refractivity contribution in [1.29, 1.82) is 0 Å². The molecule has 1 rings (SSSR count). The SMILES string of the molecule is CC(C)(N)Cc1cc(Br)c(O)c(F)c1F. The van der Waals surface area contributed by atoms with Crippen LogP contribution in [0.2, 0.25) is 0 Å². The van der Waals surface area contributed by atoms with Crippen LogP contribution >= 0.6 is 15.9 Å². The maximum absolute atomic E-state index is 13.4. The molecule has 0 aliphatic rings. The van der Waals surface area contributed by atoms with Crippen molar-refractivity contribution in [2.75, 3.05) is 0 Å². The van der Waals surface area contributed by atoms with Crippen molar-refractivity contribution in [3.63, 3.8) is 0 Å². The molecule has 84 valence electrons. The summed E-state index contributed by atoms with van der Waals surface area (Å²) in [6.07, 6.45) is 0.189. The Bertz CT molecular complexity index is 388. The molecule has 3 N–H and O–H groups in total. The summed E-state index contributed by atoms with van der Waals surface area (Å²) in [7, 11) is 0. The fourth-order valence-corrected chi connectivity index (χ4v) is 1.70. The lowest BCUT2D eigenvalue weighted by atomic mass is 9.96. The maximum Gasteiger partial charge on any atom is 0.201 e. The molecule has 0 spiro atoms. The monoisotopic (exact) mass is 279 g/mol. The zero-order valence-corrected chi connectivity index (χ0v) is 10.0. The number of hydrogen-bond donors (Lipinski definition) is 2. The lowest BCUT2D eigenvalue weighted by molar-refractivity contribution is 0.396. The molecule has 0 saturated carbocycles. The van der Waals surface area contributed by atoms with E-state index in [4.69, 9.17) is 10.8 Å². The minimum absolute atomic E-state index is 0.126. The zero-order chi connectivity index (χ0) is 11.8. The average Bonchev–Trinajstić information content (AvgIpc) is 2.08. The average molecular weight is 280 g/mol. The number of nitrogens with two attached hydrogens (primary N) is 1. The number of hydrogen-bond acceptors (Lipinski definition) is 2. The van der Waals surface area contributed by atoms with E-state index < -0.39 is 22.9 Å². The van der Waals surface area contributed by atoms with Crippen LogP contribution in [0.5, 0.6) is 5.75 Å². The summed E-state index contributed by atoms with van der Waals surface area (Å²) >= 11 is 2.94. The van der Waals surface area contributed by atoms with Gasteiger partial charge in [0.25, 0.3) is 0 Å². The van der Waals surface area contributed by atoms with Crippen molar-refractivity contribution >= 4 is 15.9 Å². The first-order valence-corrected chi connectivity index (χ1v) is 5.16. The largest absolute Gasteiger partial charge is 0.504 e. The highest BCUT2D eigenvalue weighted by Gasteiger charge is 2.21. The van der Waals surface area contributed by atoms with Crippen molar-refractivity contribution in [3.8, 4) is 5.75 Å². The molecule has 0 fully saturated rings. The van der Waals surface area contributed by atoms with E-state index in [-0.39, 0.29) is 16.5 Å². The van der Waals surface area contributed by atoms with Crippen LogP contribution in [-0.2, 0) is 6.42 Å². The van der Waals surface area contributed by atoms with E-state index in [2.05, 4.69) is 15.9 Å². The van der Waals surface area contributed by atoms with E-state index in [1.807, 2.05) is 0 Å². The first-order chi connectivity index (χ1) is 6.72. The van der Waals surface area contributed by atoms with Gasteiger partial charge in [-0.15, -0.1) is 0 Å². The van der Waals surface area contributed by atoms with E-state index in [9.17, 15) is 8.78 Å². The molecule has 0 unspecified atom stereocenters. The van der Waals surface area contributed by atoms with Gasteiger partial charge >= 0.3 is 0 Å². The van der Waals surface area contributed by atoms with E-state index in [0.29, 0.717) is 0 Å². The third-order valence-electron chi connectivity index (χ3n) is 1.86. The fourth-order valence-electron chi connectivity index (χ4n) is 1.25. The Hall–Kier alpha value is -0.680. The Morgan fingerprint density at radius 3 is 2.40 bits per heavy atom. The van der Waals surface area contributed by atoms with Gasteiger partial charge in [0, 0.05) is 5.54 Å². The van der Waals surface area contributed by atoms with Crippen molar-refractivity contribution in [2.24, 2.45) is 5.73 Å². The third-order valence-corrected chi connectivity index (χ3v) is 2.46. The molecule has 1 aromatic carbocycles. The van der Waals surface area contributed by atoms with E-state index >= 15 is 0 Å². The maximum atomic E-state index is 13.4. The van der Waals surface area contributed by atoms with Crippen LogP contribution in [0.1, 0.15) is 19.4 Å². The molecule has 0 aliphatic heterocycles. The summed E-state index contributed by atoms with van der Waals surface area (Å²) in [6.45, 7) is 3.43. The zero-order valence-electron chi connectivity index (χ0n) is 8.44. The molecule has 0 atom stereocenters. The van der Waals surface area contributed by atoms with Gasteiger partial charge in [0.2, 0.25) is 5.82 Å². The van der Waals surface area contributed by atoms with Crippen molar-refractivity contribution in [3.05, 3.63) is 27.7 Å². The second-order valence-corrected chi connectivity index (χ2v) is 5.01. The Labute approximate surface area is 95.2 Å². The first kappa shape index (κ1) is 12.4. The lowest BCUT2D eigenvalue weighted by Crippen LogP contribution is -2.34. The van der Waals surface area contributed by atoms with Crippen molar-refractivity contribution in [2.45, 2.75) is 25.8 Å². The number of rotatable bonds is 2. The summed E-state index contributed by atoms with van der Waals surface area (Å²) in [5.41, 5.74) is 5.22. The Morgan fingerprint density at radius 1 is 1.40 bits per heavy atom. The lowest BCUT2D eigenvalue weighted by Gasteiger charge is -2.19. The quantitative estimate of drug-likeness (QED) is 0.818. The normalized spacial score (nSPS) is 11.9. The van der Waals surface area contributed by atoms with Crippen LogP contribution in [0.25, 0.3) is 0 Å². The first-order valence-electron chi connectivity index (χ1n) is 4.36. The van der Waals surface area contributed by atoms with Gasteiger partial charge in [-0.25, -0.2) is 4.39 Å². The van der Waals surface area contributed by atoms with Crippen LogP contribution in [0.15, 0.2) is 10.5 Å². The summed E-state index contributed by atoms with van der Waals surface area (Å²) < 4.78 is 26.6. The van der Waals surface area contributed by atoms with Crippen LogP contribution in [-0.4, -0.2) is 10.6 Å². The summed E-state index contributed by atoms with van der Waals surface area (Å²) in [4.78, 5) is 0. The van der Waals surface area contributed by atoms with Gasteiger partial charge < -0.3 is 10.8 Å². The predicted octanol–water partition coefficient (Wildman–Crippen LogP) is 2.71. The molecule has 0 heterocycles. The van der Waals surface area contributed by atoms with Gasteiger partial charge in [-0.1, -0.05) is 0 Å². The second-order valence-electron chi connectivity index (χ2n) is 4.16. The van der Waals surface area contributed by atoms with Gasteiger partial charge in [0.1, 0.15) is 0 Å². The molecular formula is C10H12BrF2NO. The van der Waals surface area contributed by atoms with Crippen LogP contribution < -0.4 is 5.73 Å². The second kappa shape index (κ2) is 4.06. The smallest absolute Gasteiger partial charge is 0.201 e. The number of halogens is 3. The van der Waals surface area contributed by atoms with Crippen LogP contribution in [0.4, 0.5) is 8.78 Å². The van der Waals surface area contributed by atoms with Gasteiger partial charge in [-0.2, -0.15) is 4.39 Å². The highest BCUT2D eigenvalue weighted by Crippen LogP contribution is 2.31. The number of phenolic OH excluding ortho intramolecular Hbond substituents is 1. The molecule has 1 aromatic rings. The Kier molecular flexibility index (Phi) is 3.35. The van der Waals surface area contributed by atoms with E-state index in [0.717, 1.165) is 0 Å². The Balaban J connectivity index is 3.21. The van der Waals surface area contributed by atoms with Crippen molar-refractivity contribution in [1.82, 2.24) is 0 Å². The molecular weight excluding hydrogens is 268 g/mol. The highest BCUT2D eigenvalue weighted by atomic mass is 79.9. The standard InChI is InChI=1S/C10H12BrF2NO/c1-10(2,14)4-5-3-6(11)9(15)8(13)7(5)12/h3,15H,4,14H2,1-2H3. The van der Waals surface area contributed by atoms with Crippen molar-refractivity contribution < 1.29 is 13.9 Å². The molecule has 0 radical (unpaired) electrons. The molecule has 15 heavy (non-hydrogen) atoms. The summed E-state index contributed by atoms with van der Waals surface area (Å²) in [5, 5.41) is 9.12. The topological polar surface area (TPSA) is 46.2 Å². The summed E-state index contributed by atoms with van der Waals surface area (Å²) in [5.74, 6) is -3.01.